The molecule has 1 aliphatic heterocycles. The molecule has 2 N–H and O–H groups in total. The highest BCUT2D eigenvalue weighted by atomic mass is 19.1. The molecule has 1 fully saturated rings. The van der Waals surface area contributed by atoms with Gasteiger partial charge in [0.25, 0.3) is 11.6 Å². The predicted octanol–water partition coefficient (Wildman–Crippen LogP) is 1.02. The Balaban J connectivity index is 2.03. The fourth-order valence-electron chi connectivity index (χ4n) is 2.03. The number of nitro groups is 1. The van der Waals surface area contributed by atoms with Crippen molar-refractivity contribution in [2.24, 2.45) is 0 Å². The SMILES string of the molecule is O=C(N[C@@H]1CNC[C@H](F)C1)c1cccc([N+](=O)[O-])c1. The zero-order valence-corrected chi connectivity index (χ0v) is 10.1. The minimum Gasteiger partial charge on any atom is -0.348 e. The molecule has 0 aromatic heterocycles. The van der Waals surface area contributed by atoms with Gasteiger partial charge in [0, 0.05) is 43.2 Å². The molecule has 2 atom stereocenters. The quantitative estimate of drug-likeness (QED) is 0.632. The largest absolute Gasteiger partial charge is 0.348 e. The van der Waals surface area contributed by atoms with Crippen LogP contribution in [0.2, 0.25) is 0 Å². The second kappa shape index (κ2) is 5.75. The Morgan fingerprint density at radius 2 is 2.26 bits per heavy atom. The standard InChI is InChI=1S/C12H14FN3O3/c13-9-5-10(7-14-6-9)15-12(17)8-2-1-3-11(4-8)16(18)19/h1-4,9-10,14H,5-7H2,(H,15,17)/t9-,10+/m1/s1. The number of alkyl halides is 1. The first-order valence-electron chi connectivity index (χ1n) is 5.96. The van der Waals surface area contributed by atoms with Gasteiger partial charge in [0.05, 0.1) is 4.92 Å². The average Bonchev–Trinajstić information content (AvgIpc) is 2.39. The molecule has 0 unspecified atom stereocenters. The maximum Gasteiger partial charge on any atom is 0.270 e. The third-order valence-corrected chi connectivity index (χ3v) is 2.95. The van der Waals surface area contributed by atoms with Gasteiger partial charge in [-0.05, 0) is 6.07 Å². The molecule has 1 aromatic rings. The van der Waals surface area contributed by atoms with Crippen molar-refractivity contribution >= 4 is 11.6 Å². The van der Waals surface area contributed by atoms with Gasteiger partial charge in [0.2, 0.25) is 0 Å². The van der Waals surface area contributed by atoms with Crippen molar-refractivity contribution in [2.75, 3.05) is 13.1 Å². The summed E-state index contributed by atoms with van der Waals surface area (Å²) in [5.74, 6) is -0.426. The average molecular weight is 267 g/mol. The van der Waals surface area contributed by atoms with Crippen LogP contribution in [0.15, 0.2) is 24.3 Å². The first-order valence-corrected chi connectivity index (χ1v) is 5.96. The van der Waals surface area contributed by atoms with Gasteiger partial charge in [0.1, 0.15) is 6.17 Å². The second-order valence-electron chi connectivity index (χ2n) is 4.47. The van der Waals surface area contributed by atoms with E-state index in [4.69, 9.17) is 0 Å². The molecule has 1 aromatic carbocycles. The van der Waals surface area contributed by atoms with Gasteiger partial charge in [-0.2, -0.15) is 0 Å². The number of halogens is 1. The van der Waals surface area contributed by atoms with Crippen LogP contribution in [0.25, 0.3) is 0 Å². The van der Waals surface area contributed by atoms with Crippen molar-refractivity contribution < 1.29 is 14.1 Å². The molecular weight excluding hydrogens is 253 g/mol. The summed E-state index contributed by atoms with van der Waals surface area (Å²) in [6.45, 7) is 0.796. The number of hydrogen-bond donors (Lipinski definition) is 2. The highest BCUT2D eigenvalue weighted by molar-refractivity contribution is 5.95. The second-order valence-corrected chi connectivity index (χ2v) is 4.47. The van der Waals surface area contributed by atoms with Crippen LogP contribution in [0.4, 0.5) is 10.1 Å². The van der Waals surface area contributed by atoms with Crippen LogP contribution in [0.1, 0.15) is 16.8 Å². The Labute approximate surface area is 109 Å². The molecule has 1 amide bonds. The maximum absolute atomic E-state index is 13.2. The number of carbonyl (C=O) groups is 1. The Morgan fingerprint density at radius 1 is 1.47 bits per heavy atom. The monoisotopic (exact) mass is 267 g/mol. The summed E-state index contributed by atoms with van der Waals surface area (Å²) in [4.78, 5) is 22.0. The number of non-ortho nitro benzene ring substituents is 1. The predicted molar refractivity (Wildman–Crippen MR) is 66.7 cm³/mol. The third kappa shape index (κ3) is 3.47. The maximum atomic E-state index is 13.2. The van der Waals surface area contributed by atoms with Crippen molar-refractivity contribution in [3.63, 3.8) is 0 Å². The molecule has 102 valence electrons. The van der Waals surface area contributed by atoms with E-state index in [1.807, 2.05) is 0 Å². The Kier molecular flexibility index (Phi) is 4.06. The molecule has 2 rings (SSSR count). The summed E-state index contributed by atoms with van der Waals surface area (Å²) in [6.07, 6.45) is -0.725. The fourth-order valence-corrected chi connectivity index (χ4v) is 2.03. The van der Waals surface area contributed by atoms with E-state index >= 15 is 0 Å². The van der Waals surface area contributed by atoms with Crippen LogP contribution in [0.3, 0.4) is 0 Å². The Bertz CT molecular complexity index is 495. The number of piperidine rings is 1. The van der Waals surface area contributed by atoms with Crippen molar-refractivity contribution in [3.8, 4) is 0 Å². The summed E-state index contributed by atoms with van der Waals surface area (Å²) >= 11 is 0. The van der Waals surface area contributed by atoms with Gasteiger partial charge >= 0.3 is 0 Å². The molecule has 0 radical (unpaired) electrons. The van der Waals surface area contributed by atoms with E-state index in [0.29, 0.717) is 13.1 Å². The molecule has 1 heterocycles. The molecule has 1 aliphatic rings. The number of benzene rings is 1. The molecule has 7 heteroatoms. The van der Waals surface area contributed by atoms with E-state index in [2.05, 4.69) is 10.6 Å². The van der Waals surface area contributed by atoms with E-state index < -0.39 is 17.0 Å². The fraction of sp³-hybridized carbons (Fsp3) is 0.417. The molecule has 0 saturated carbocycles. The smallest absolute Gasteiger partial charge is 0.270 e. The summed E-state index contributed by atoms with van der Waals surface area (Å²) in [5, 5.41) is 16.2. The van der Waals surface area contributed by atoms with E-state index in [1.54, 1.807) is 0 Å². The van der Waals surface area contributed by atoms with Crippen LogP contribution in [-0.4, -0.2) is 36.1 Å². The minimum absolute atomic E-state index is 0.141. The van der Waals surface area contributed by atoms with Crippen LogP contribution < -0.4 is 10.6 Å². The Hall–Kier alpha value is -2.02. The van der Waals surface area contributed by atoms with Gasteiger partial charge in [-0.15, -0.1) is 0 Å². The summed E-state index contributed by atoms with van der Waals surface area (Å²) < 4.78 is 13.2. The van der Waals surface area contributed by atoms with E-state index in [1.165, 1.54) is 24.3 Å². The highest BCUT2D eigenvalue weighted by Gasteiger charge is 2.23. The normalized spacial score (nSPS) is 22.8. The lowest BCUT2D eigenvalue weighted by atomic mass is 10.1. The number of hydrogen-bond acceptors (Lipinski definition) is 4. The van der Waals surface area contributed by atoms with Crippen molar-refractivity contribution in [1.82, 2.24) is 10.6 Å². The lowest BCUT2D eigenvalue weighted by Gasteiger charge is -2.26. The molecule has 6 nitrogen and oxygen atoms in total. The number of nitrogens with one attached hydrogen (secondary N) is 2. The van der Waals surface area contributed by atoms with Crippen molar-refractivity contribution in [1.29, 1.82) is 0 Å². The number of rotatable bonds is 3. The van der Waals surface area contributed by atoms with E-state index in [0.717, 1.165) is 0 Å². The number of amides is 1. The summed E-state index contributed by atoms with van der Waals surface area (Å²) in [5.41, 5.74) is 0.0629. The first-order chi connectivity index (χ1) is 9.06. The van der Waals surface area contributed by atoms with Gasteiger partial charge in [-0.25, -0.2) is 4.39 Å². The Morgan fingerprint density at radius 3 is 2.95 bits per heavy atom. The van der Waals surface area contributed by atoms with Crippen molar-refractivity contribution in [2.45, 2.75) is 18.6 Å². The number of nitro benzene ring substituents is 1. The lowest BCUT2D eigenvalue weighted by molar-refractivity contribution is -0.384. The van der Waals surface area contributed by atoms with Gasteiger partial charge in [0.15, 0.2) is 0 Å². The molecule has 1 saturated heterocycles. The summed E-state index contributed by atoms with van der Waals surface area (Å²) in [6, 6.07) is 5.17. The van der Waals surface area contributed by atoms with Gasteiger partial charge in [-0.1, -0.05) is 6.07 Å². The van der Waals surface area contributed by atoms with Crippen LogP contribution in [0.5, 0.6) is 0 Å². The molecule has 0 spiro atoms. The zero-order valence-electron chi connectivity index (χ0n) is 10.1. The van der Waals surface area contributed by atoms with E-state index in [-0.39, 0.29) is 23.7 Å². The van der Waals surface area contributed by atoms with Crippen LogP contribution in [-0.2, 0) is 0 Å². The molecule has 0 bridgehead atoms. The van der Waals surface area contributed by atoms with Gasteiger partial charge < -0.3 is 10.6 Å². The van der Waals surface area contributed by atoms with Crippen LogP contribution in [0, 0.1) is 10.1 Å². The van der Waals surface area contributed by atoms with Crippen molar-refractivity contribution in [3.05, 3.63) is 39.9 Å². The lowest BCUT2D eigenvalue weighted by Crippen LogP contribution is -2.49. The molecule has 0 aliphatic carbocycles. The highest BCUT2D eigenvalue weighted by Crippen LogP contribution is 2.14. The zero-order chi connectivity index (χ0) is 13.8. The molecular formula is C12H14FN3O3. The third-order valence-electron chi connectivity index (χ3n) is 2.95. The number of carbonyl (C=O) groups excluding carboxylic acids is 1. The number of nitrogens with zero attached hydrogens (tertiary/aromatic N) is 1. The molecule has 19 heavy (non-hydrogen) atoms. The topological polar surface area (TPSA) is 84.3 Å². The summed E-state index contributed by atoms with van der Waals surface area (Å²) in [7, 11) is 0. The first kappa shape index (κ1) is 13.4. The van der Waals surface area contributed by atoms with Crippen LogP contribution >= 0.6 is 0 Å². The van der Waals surface area contributed by atoms with Gasteiger partial charge in [-0.3, -0.25) is 14.9 Å². The minimum atomic E-state index is -0.982. The van der Waals surface area contributed by atoms with E-state index in [9.17, 15) is 19.3 Å².